The molecule has 0 N–H and O–H groups in total. The highest BCUT2D eigenvalue weighted by atomic mass is 35.5. The van der Waals surface area contributed by atoms with Gasteiger partial charge in [-0.15, -0.1) is 0 Å². The minimum Gasteiger partial charge on any atom is -0.346 e. The smallest absolute Gasteiger partial charge is 0.283 e. The Balaban J connectivity index is 1.85. The zero-order valence-corrected chi connectivity index (χ0v) is 11.0. The minimum absolute atomic E-state index is 0.0677. The zero-order chi connectivity index (χ0) is 13.0. The van der Waals surface area contributed by atoms with Crippen molar-refractivity contribution in [1.82, 2.24) is 0 Å². The molecule has 4 nitrogen and oxygen atoms in total. The van der Waals surface area contributed by atoms with E-state index >= 15 is 0 Å². The quantitative estimate of drug-likeness (QED) is 0.789. The van der Waals surface area contributed by atoms with Crippen LogP contribution >= 0.6 is 11.6 Å². The average Bonchev–Trinajstić information content (AvgIpc) is 2.84. The average molecular weight is 277 g/mol. The van der Waals surface area contributed by atoms with Gasteiger partial charge in [-0.2, -0.15) is 0 Å². The van der Waals surface area contributed by atoms with E-state index in [1.807, 2.05) is 30.3 Å². The van der Waals surface area contributed by atoms with Gasteiger partial charge in [0.2, 0.25) is 5.72 Å². The van der Waals surface area contributed by atoms with Crippen LogP contribution in [-0.2, 0) is 9.53 Å². The molecule has 1 amide bonds. The highest BCUT2D eigenvalue weighted by Crippen LogP contribution is 2.48. The third-order valence-electron chi connectivity index (χ3n) is 4.27. The maximum Gasteiger partial charge on any atom is 0.283 e. The Morgan fingerprint density at radius 2 is 2.16 bits per heavy atom. The number of carbonyl (C=O) groups excluding carboxylic acids is 1. The fourth-order valence-electron chi connectivity index (χ4n) is 3.37. The number of hydrogen-bond donors (Lipinski definition) is 0. The van der Waals surface area contributed by atoms with Gasteiger partial charge in [0.05, 0.1) is 12.6 Å². The number of rotatable bonds is 1. The van der Waals surface area contributed by atoms with Gasteiger partial charge in [-0.3, -0.25) is 9.69 Å². The van der Waals surface area contributed by atoms with Gasteiger partial charge in [0.25, 0.3) is 5.91 Å². The number of amides is 1. The Morgan fingerprint density at radius 1 is 1.37 bits per heavy atom. The molecule has 19 heavy (non-hydrogen) atoms. The second-order valence-electron chi connectivity index (χ2n) is 5.23. The molecule has 1 aromatic rings. The molecule has 1 spiro atoms. The molecule has 98 valence electrons. The van der Waals surface area contributed by atoms with Crippen LogP contribution in [0.2, 0.25) is 0 Å². The van der Waals surface area contributed by atoms with Crippen LogP contribution in [-0.4, -0.2) is 29.5 Å². The number of carbonyl (C=O) groups is 1. The van der Waals surface area contributed by atoms with Gasteiger partial charge >= 0.3 is 0 Å². The fourth-order valence-corrected chi connectivity index (χ4v) is 3.68. The topological polar surface area (TPSA) is 41.9 Å². The number of fused-ring (bicyclic) bond motifs is 1. The third kappa shape index (κ3) is 1.38. The van der Waals surface area contributed by atoms with Crippen molar-refractivity contribution in [2.24, 2.45) is 10.9 Å². The molecule has 2 bridgehead atoms. The summed E-state index contributed by atoms with van der Waals surface area (Å²) >= 11 is 6.26. The summed E-state index contributed by atoms with van der Waals surface area (Å²) in [7, 11) is 0. The number of anilines is 1. The van der Waals surface area contributed by atoms with Crippen molar-refractivity contribution in [2.75, 3.05) is 11.5 Å². The van der Waals surface area contributed by atoms with E-state index in [9.17, 15) is 4.79 Å². The van der Waals surface area contributed by atoms with Gasteiger partial charge in [0.1, 0.15) is 5.17 Å². The molecule has 0 aliphatic carbocycles. The van der Waals surface area contributed by atoms with Crippen LogP contribution in [0.25, 0.3) is 0 Å². The normalized spacial score (nSPS) is 36.4. The summed E-state index contributed by atoms with van der Waals surface area (Å²) < 4.78 is 5.70. The Kier molecular flexibility index (Phi) is 2.29. The molecule has 5 heteroatoms. The van der Waals surface area contributed by atoms with E-state index in [-0.39, 0.29) is 17.9 Å². The lowest BCUT2D eigenvalue weighted by Crippen LogP contribution is -2.66. The van der Waals surface area contributed by atoms with Crippen LogP contribution in [0.5, 0.6) is 0 Å². The highest BCUT2D eigenvalue weighted by molar-refractivity contribution is 6.67. The molecular formula is C14H13ClN2O2. The second kappa shape index (κ2) is 3.81. The van der Waals surface area contributed by atoms with Gasteiger partial charge in [0, 0.05) is 11.6 Å². The van der Waals surface area contributed by atoms with E-state index in [1.54, 1.807) is 4.90 Å². The maximum absolute atomic E-state index is 12.8. The summed E-state index contributed by atoms with van der Waals surface area (Å²) in [6.07, 6.45) is 1.72. The lowest BCUT2D eigenvalue weighted by molar-refractivity contribution is -0.146. The Bertz CT molecular complexity index is 574. The molecule has 4 heterocycles. The van der Waals surface area contributed by atoms with Crippen molar-refractivity contribution in [3.05, 3.63) is 30.3 Å². The van der Waals surface area contributed by atoms with Crippen LogP contribution < -0.4 is 4.90 Å². The molecule has 0 saturated carbocycles. The number of aliphatic imine (C=N–C) groups is 1. The van der Waals surface area contributed by atoms with Crippen molar-refractivity contribution >= 4 is 28.4 Å². The zero-order valence-electron chi connectivity index (χ0n) is 10.3. The van der Waals surface area contributed by atoms with E-state index < -0.39 is 5.72 Å². The molecule has 4 aliphatic rings. The number of ether oxygens (including phenoxy) is 1. The minimum atomic E-state index is -1.05. The molecular weight excluding hydrogens is 264 g/mol. The van der Waals surface area contributed by atoms with Crippen LogP contribution in [0.15, 0.2) is 35.3 Å². The van der Waals surface area contributed by atoms with E-state index in [4.69, 9.17) is 16.3 Å². The monoisotopic (exact) mass is 276 g/mol. The first-order valence-electron chi connectivity index (χ1n) is 6.50. The van der Waals surface area contributed by atoms with E-state index in [0.717, 1.165) is 18.5 Å². The summed E-state index contributed by atoms with van der Waals surface area (Å²) in [5, 5.41) is 0.488. The summed E-state index contributed by atoms with van der Waals surface area (Å²) in [6, 6.07) is 9.47. The lowest BCUT2D eigenvalue weighted by atomic mass is 9.80. The largest absolute Gasteiger partial charge is 0.346 e. The number of nitrogens with zero attached hydrogens (tertiary/aromatic N) is 2. The van der Waals surface area contributed by atoms with Crippen molar-refractivity contribution in [2.45, 2.75) is 24.6 Å². The second-order valence-corrected chi connectivity index (χ2v) is 5.61. The van der Waals surface area contributed by atoms with Crippen molar-refractivity contribution < 1.29 is 9.53 Å². The van der Waals surface area contributed by atoms with Crippen LogP contribution in [0.3, 0.4) is 0 Å². The van der Waals surface area contributed by atoms with E-state index in [0.29, 0.717) is 11.8 Å². The molecule has 2 fully saturated rings. The molecule has 4 aliphatic heterocycles. The molecule has 1 aromatic carbocycles. The number of para-hydroxylation sites is 1. The van der Waals surface area contributed by atoms with Gasteiger partial charge < -0.3 is 4.74 Å². The number of halogens is 1. The molecule has 0 aromatic heterocycles. The molecule has 5 rings (SSSR count). The molecule has 3 atom stereocenters. The Hall–Kier alpha value is -1.39. The van der Waals surface area contributed by atoms with Crippen molar-refractivity contribution in [1.29, 1.82) is 0 Å². The standard InChI is InChI=1S/C14H13ClN2O2/c15-12-11-8-9-6-7-19-14(9,16-12)13(18)17(11)10-4-2-1-3-5-10/h1-5,9,11H,6-8H2/t9?,11-,14+/m1/s1. The van der Waals surface area contributed by atoms with Crippen LogP contribution in [0, 0.1) is 5.92 Å². The summed E-state index contributed by atoms with van der Waals surface area (Å²) in [5.41, 5.74) is -0.194. The van der Waals surface area contributed by atoms with E-state index in [1.165, 1.54) is 0 Å². The first-order valence-corrected chi connectivity index (χ1v) is 6.88. The van der Waals surface area contributed by atoms with Crippen molar-refractivity contribution in [3.8, 4) is 0 Å². The Morgan fingerprint density at radius 3 is 2.95 bits per heavy atom. The van der Waals surface area contributed by atoms with Crippen LogP contribution in [0.4, 0.5) is 5.69 Å². The predicted octanol–water partition coefficient (Wildman–Crippen LogP) is 2.18. The van der Waals surface area contributed by atoms with Crippen LogP contribution in [0.1, 0.15) is 12.8 Å². The molecule has 1 unspecified atom stereocenters. The lowest BCUT2D eigenvalue weighted by Gasteiger charge is -2.48. The van der Waals surface area contributed by atoms with E-state index in [2.05, 4.69) is 4.99 Å². The maximum atomic E-state index is 12.8. The van der Waals surface area contributed by atoms with Crippen molar-refractivity contribution in [3.63, 3.8) is 0 Å². The van der Waals surface area contributed by atoms with Gasteiger partial charge in [-0.05, 0) is 25.0 Å². The summed E-state index contributed by atoms with van der Waals surface area (Å²) in [6.45, 7) is 0.583. The Labute approximate surface area is 116 Å². The van der Waals surface area contributed by atoms with Gasteiger partial charge in [-0.1, -0.05) is 29.8 Å². The molecule has 2 saturated heterocycles. The third-order valence-corrected chi connectivity index (χ3v) is 4.61. The van der Waals surface area contributed by atoms with Gasteiger partial charge in [0.15, 0.2) is 0 Å². The highest BCUT2D eigenvalue weighted by Gasteiger charge is 2.62. The summed E-state index contributed by atoms with van der Waals surface area (Å²) in [5.74, 6) is 0.106. The molecule has 0 radical (unpaired) electrons. The summed E-state index contributed by atoms with van der Waals surface area (Å²) in [4.78, 5) is 18.9. The SMILES string of the molecule is O=C1N(c2ccccc2)[C@@H]2CC3CCO[C@]13N=C2Cl. The first-order chi connectivity index (χ1) is 9.22. The predicted molar refractivity (Wildman–Crippen MR) is 72.4 cm³/mol. The number of hydrogen-bond acceptors (Lipinski definition) is 3. The van der Waals surface area contributed by atoms with Gasteiger partial charge in [-0.25, -0.2) is 4.99 Å². The fraction of sp³-hybridized carbons (Fsp3) is 0.429. The number of piperidine rings is 1. The first kappa shape index (κ1) is 11.4. The number of benzene rings is 1.